The van der Waals surface area contributed by atoms with Crippen LogP contribution in [0.15, 0.2) is 40.1 Å². The van der Waals surface area contributed by atoms with Gasteiger partial charge in [0, 0.05) is 23.9 Å². The van der Waals surface area contributed by atoms with Crippen LogP contribution in [0.2, 0.25) is 0 Å². The van der Waals surface area contributed by atoms with Crippen molar-refractivity contribution in [3.63, 3.8) is 0 Å². The van der Waals surface area contributed by atoms with Crippen LogP contribution in [-0.4, -0.2) is 47.8 Å². The highest BCUT2D eigenvalue weighted by Gasteiger charge is 2.25. The third-order valence-electron chi connectivity index (χ3n) is 5.63. The van der Waals surface area contributed by atoms with Gasteiger partial charge >= 0.3 is 0 Å². The van der Waals surface area contributed by atoms with Gasteiger partial charge in [-0.3, -0.25) is 9.36 Å². The molecule has 0 radical (unpaired) electrons. The van der Waals surface area contributed by atoms with Gasteiger partial charge in [0.25, 0.3) is 0 Å². The molecule has 0 unspecified atom stereocenters. The molecule has 2 aromatic heterocycles. The maximum absolute atomic E-state index is 12.7. The van der Waals surface area contributed by atoms with Crippen molar-refractivity contribution >= 4 is 23.4 Å². The van der Waals surface area contributed by atoms with E-state index in [-0.39, 0.29) is 11.7 Å². The van der Waals surface area contributed by atoms with E-state index < -0.39 is 0 Å². The molecule has 4 rings (SSSR count). The smallest absolute Gasteiger partial charge is 0.234 e. The number of methoxy groups -OCH3 is 3. The molecule has 1 amide bonds. The molecule has 1 N–H and O–H groups in total. The average molecular weight is 473 g/mol. The fraction of sp³-hybridized carbons (Fsp3) is 0.435. The van der Waals surface area contributed by atoms with Crippen LogP contribution in [0.5, 0.6) is 17.2 Å². The van der Waals surface area contributed by atoms with Crippen molar-refractivity contribution in [2.24, 2.45) is 0 Å². The highest BCUT2D eigenvalue weighted by molar-refractivity contribution is 7.99. The van der Waals surface area contributed by atoms with Gasteiger partial charge in [0.05, 0.1) is 33.3 Å². The molecule has 1 aliphatic carbocycles. The zero-order valence-corrected chi connectivity index (χ0v) is 19.8. The fourth-order valence-corrected chi connectivity index (χ4v) is 4.90. The number of nitrogens with one attached hydrogen (secondary N) is 1. The summed E-state index contributed by atoms with van der Waals surface area (Å²) in [5, 5.41) is 12.4. The van der Waals surface area contributed by atoms with Crippen LogP contribution < -0.4 is 19.5 Å². The highest BCUT2D eigenvalue weighted by atomic mass is 32.2. The first kappa shape index (κ1) is 23.0. The Morgan fingerprint density at radius 2 is 1.85 bits per heavy atom. The summed E-state index contributed by atoms with van der Waals surface area (Å²) in [6, 6.07) is 7.42. The molecule has 1 saturated carbocycles. The Hall–Kier alpha value is -3.14. The van der Waals surface area contributed by atoms with E-state index >= 15 is 0 Å². The lowest BCUT2D eigenvalue weighted by Gasteiger charge is -2.25. The number of nitrogens with zero attached hydrogens (tertiary/aromatic N) is 3. The van der Waals surface area contributed by atoms with Gasteiger partial charge < -0.3 is 23.9 Å². The number of carbonyl (C=O) groups excluding carboxylic acids is 1. The van der Waals surface area contributed by atoms with E-state index in [4.69, 9.17) is 18.6 Å². The Morgan fingerprint density at radius 1 is 1.12 bits per heavy atom. The van der Waals surface area contributed by atoms with Gasteiger partial charge in [-0.2, -0.15) is 0 Å². The SMILES string of the molecule is COc1cc(NC(=O)CSc2nnc(-c3ccco3)n2C2CCCCC2)cc(OC)c1OC. The van der Waals surface area contributed by atoms with E-state index in [1.807, 2.05) is 12.1 Å². The standard InChI is InChI=1S/C23H28N4O5S/c1-29-18-12-15(13-19(30-2)21(18)31-3)24-20(28)14-33-23-26-25-22(17-10-7-11-32-17)27(23)16-8-5-4-6-9-16/h7,10-13,16H,4-6,8-9,14H2,1-3H3,(H,24,28). The molecule has 2 heterocycles. The van der Waals surface area contributed by atoms with Gasteiger partial charge in [-0.1, -0.05) is 31.0 Å². The zero-order valence-electron chi connectivity index (χ0n) is 19.0. The molecule has 3 aromatic rings. The molecule has 176 valence electrons. The molecule has 1 aromatic carbocycles. The predicted octanol–water partition coefficient (Wildman–Crippen LogP) is 4.80. The van der Waals surface area contributed by atoms with E-state index in [1.54, 1.807) is 18.4 Å². The monoisotopic (exact) mass is 472 g/mol. The number of rotatable bonds is 9. The molecule has 1 fully saturated rings. The van der Waals surface area contributed by atoms with E-state index in [2.05, 4.69) is 20.1 Å². The van der Waals surface area contributed by atoms with Crippen molar-refractivity contribution in [1.29, 1.82) is 0 Å². The fourth-order valence-electron chi connectivity index (χ4n) is 4.10. The maximum Gasteiger partial charge on any atom is 0.234 e. The number of aromatic nitrogens is 3. The first-order valence-corrected chi connectivity index (χ1v) is 11.8. The normalized spacial score (nSPS) is 14.2. The summed E-state index contributed by atoms with van der Waals surface area (Å²) in [7, 11) is 4.61. The number of hydrogen-bond donors (Lipinski definition) is 1. The largest absolute Gasteiger partial charge is 0.493 e. The summed E-state index contributed by atoms with van der Waals surface area (Å²) in [6.07, 6.45) is 7.35. The summed E-state index contributed by atoms with van der Waals surface area (Å²) >= 11 is 1.36. The van der Waals surface area contributed by atoms with Crippen molar-refractivity contribution in [2.45, 2.75) is 43.3 Å². The Bertz CT molecular complexity index is 1050. The second-order valence-electron chi connectivity index (χ2n) is 7.70. The van der Waals surface area contributed by atoms with Crippen LogP contribution in [-0.2, 0) is 4.79 Å². The lowest BCUT2D eigenvalue weighted by atomic mass is 9.95. The molecule has 0 atom stereocenters. The van der Waals surface area contributed by atoms with E-state index in [0.29, 0.717) is 45.7 Å². The van der Waals surface area contributed by atoms with Gasteiger partial charge in [-0.25, -0.2) is 0 Å². The van der Waals surface area contributed by atoms with Crippen LogP contribution in [0.1, 0.15) is 38.1 Å². The van der Waals surface area contributed by atoms with Crippen LogP contribution >= 0.6 is 11.8 Å². The summed E-state index contributed by atoms with van der Waals surface area (Å²) in [5.74, 6) is 2.81. The van der Waals surface area contributed by atoms with Crippen molar-refractivity contribution < 1.29 is 23.4 Å². The van der Waals surface area contributed by atoms with Crippen LogP contribution in [0.3, 0.4) is 0 Å². The highest BCUT2D eigenvalue weighted by Crippen LogP contribution is 2.40. The van der Waals surface area contributed by atoms with Gasteiger partial charge in [-0.05, 0) is 25.0 Å². The maximum atomic E-state index is 12.7. The number of hydrogen-bond acceptors (Lipinski definition) is 8. The second-order valence-corrected chi connectivity index (χ2v) is 8.64. The Labute approximate surface area is 196 Å². The lowest BCUT2D eigenvalue weighted by molar-refractivity contribution is -0.113. The minimum atomic E-state index is -0.174. The Kier molecular flexibility index (Phi) is 7.43. The molecule has 1 aliphatic rings. The molecule has 33 heavy (non-hydrogen) atoms. The van der Waals surface area contributed by atoms with Crippen molar-refractivity contribution in [3.05, 3.63) is 30.5 Å². The van der Waals surface area contributed by atoms with Gasteiger partial charge in [0.1, 0.15) is 0 Å². The van der Waals surface area contributed by atoms with Crippen molar-refractivity contribution in [3.8, 4) is 28.8 Å². The van der Waals surface area contributed by atoms with Gasteiger partial charge in [0.15, 0.2) is 22.4 Å². The number of carbonyl (C=O) groups is 1. The molecular weight excluding hydrogens is 444 g/mol. The van der Waals surface area contributed by atoms with Gasteiger partial charge in [-0.15, -0.1) is 10.2 Å². The van der Waals surface area contributed by atoms with Crippen molar-refractivity contribution in [2.75, 3.05) is 32.4 Å². The third-order valence-corrected chi connectivity index (χ3v) is 6.57. The topological polar surface area (TPSA) is 101 Å². The molecule has 0 saturated heterocycles. The summed E-state index contributed by atoms with van der Waals surface area (Å²) in [6.45, 7) is 0. The number of benzene rings is 1. The quantitative estimate of drug-likeness (QED) is 0.443. The van der Waals surface area contributed by atoms with Gasteiger partial charge in [0.2, 0.25) is 17.5 Å². The number of thioether (sulfide) groups is 1. The minimum Gasteiger partial charge on any atom is -0.493 e. The second kappa shape index (κ2) is 10.7. The van der Waals surface area contributed by atoms with E-state index in [1.165, 1.54) is 52.4 Å². The molecule has 0 aliphatic heterocycles. The van der Waals surface area contributed by atoms with Crippen LogP contribution in [0.25, 0.3) is 11.6 Å². The third kappa shape index (κ3) is 5.11. The summed E-state index contributed by atoms with van der Waals surface area (Å²) < 4.78 is 23.8. The summed E-state index contributed by atoms with van der Waals surface area (Å²) in [5.41, 5.74) is 0.556. The molecule has 9 nitrogen and oxygen atoms in total. The number of ether oxygens (including phenoxy) is 3. The zero-order chi connectivity index (χ0) is 23.2. The lowest BCUT2D eigenvalue weighted by Crippen LogP contribution is -2.17. The van der Waals surface area contributed by atoms with Crippen LogP contribution in [0, 0.1) is 0 Å². The first-order chi connectivity index (χ1) is 16.1. The Morgan fingerprint density at radius 3 is 2.45 bits per heavy atom. The number of anilines is 1. The van der Waals surface area contributed by atoms with E-state index in [9.17, 15) is 4.79 Å². The van der Waals surface area contributed by atoms with Crippen LogP contribution in [0.4, 0.5) is 5.69 Å². The first-order valence-electron chi connectivity index (χ1n) is 10.9. The number of amides is 1. The molecular formula is C23H28N4O5S. The Balaban J connectivity index is 1.50. The van der Waals surface area contributed by atoms with E-state index in [0.717, 1.165) is 12.8 Å². The average Bonchev–Trinajstić information content (AvgIpc) is 3.52. The van der Waals surface area contributed by atoms with Crippen molar-refractivity contribution in [1.82, 2.24) is 14.8 Å². The molecule has 0 spiro atoms. The molecule has 0 bridgehead atoms. The minimum absolute atomic E-state index is 0.174. The summed E-state index contributed by atoms with van der Waals surface area (Å²) in [4.78, 5) is 12.7. The number of furan rings is 1. The molecule has 10 heteroatoms. The predicted molar refractivity (Wildman–Crippen MR) is 125 cm³/mol.